The second-order valence-electron chi connectivity index (χ2n) is 6.52. The number of likely N-dealkylation sites (N-methyl/N-ethyl adjacent to an activating group) is 1. The van der Waals surface area contributed by atoms with E-state index in [-0.39, 0.29) is 50.6 Å². The molecule has 2 unspecified atom stereocenters. The van der Waals surface area contributed by atoms with Gasteiger partial charge >= 0.3 is 0 Å². The molecule has 0 heterocycles. The zero-order chi connectivity index (χ0) is 21.3. The Morgan fingerprint density at radius 2 is 1.97 bits per heavy atom. The minimum atomic E-state index is -2.97. The molecule has 1 amide bonds. The van der Waals surface area contributed by atoms with Crippen LogP contribution in [0.3, 0.4) is 0 Å². The molecule has 7 nitrogen and oxygen atoms in total. The number of benzene rings is 2. The molecule has 3 rings (SSSR count). The van der Waals surface area contributed by atoms with Crippen LogP contribution in [-0.4, -0.2) is 33.5 Å². The van der Waals surface area contributed by atoms with Gasteiger partial charge in [-0.25, -0.2) is 8.42 Å². The lowest BCUT2D eigenvalue weighted by atomic mass is 10.2. The highest BCUT2D eigenvalue weighted by atomic mass is 79.9. The first-order valence-corrected chi connectivity index (χ1v) is 11.1. The molecule has 0 aliphatic heterocycles. The van der Waals surface area contributed by atoms with Gasteiger partial charge < -0.3 is 20.5 Å². The Hall–Kier alpha value is -1.52. The number of thiol groups is 1. The van der Waals surface area contributed by atoms with E-state index in [4.69, 9.17) is 38.4 Å². The van der Waals surface area contributed by atoms with Gasteiger partial charge in [0.15, 0.2) is 16.5 Å². The molecule has 2 aromatic carbocycles. The first kappa shape index (κ1) is 22.2. The summed E-state index contributed by atoms with van der Waals surface area (Å²) in [7, 11) is -1.46. The molecule has 0 bridgehead atoms. The third-order valence-corrected chi connectivity index (χ3v) is 6.31. The summed E-state index contributed by atoms with van der Waals surface area (Å²) in [6.07, 6.45) is 0.466. The normalized spacial score (nSPS) is 20.4. The molecule has 1 fully saturated rings. The first-order valence-electron chi connectivity index (χ1n) is 8.40. The van der Waals surface area contributed by atoms with Gasteiger partial charge in [0.05, 0.1) is 16.7 Å². The number of carbonyl (C=O) groups excluding carboxylic acids is 1. The maximum atomic E-state index is 11.8. The molecule has 2 aromatic rings. The maximum absolute atomic E-state index is 11.8. The Kier molecular flexibility index (Phi) is 6.64. The van der Waals surface area contributed by atoms with Gasteiger partial charge in [0, 0.05) is 23.5 Å². The average molecular weight is 524 g/mol. The SMILES string of the molecule is CNC(=O)C1(N)CC1COc1ccc(Oc2c(Cl)cc(Br)cc2Cl)cc1[SH](=O)=O. The molecular weight excluding hydrogens is 507 g/mol. The Balaban J connectivity index is 1.77. The van der Waals surface area contributed by atoms with E-state index in [0.29, 0.717) is 10.9 Å². The van der Waals surface area contributed by atoms with E-state index in [2.05, 4.69) is 21.2 Å². The summed E-state index contributed by atoms with van der Waals surface area (Å²) < 4.78 is 35.4. The average Bonchev–Trinajstić information content (AvgIpc) is 3.34. The molecule has 29 heavy (non-hydrogen) atoms. The van der Waals surface area contributed by atoms with Crippen LogP contribution in [0.2, 0.25) is 10.0 Å². The summed E-state index contributed by atoms with van der Waals surface area (Å²) in [6.45, 7) is 0.116. The molecule has 1 aliphatic rings. The molecular formula is C18H17BrCl2N2O5S. The molecule has 3 N–H and O–H groups in total. The summed E-state index contributed by atoms with van der Waals surface area (Å²) in [5, 5.41) is 3.04. The van der Waals surface area contributed by atoms with E-state index in [9.17, 15) is 13.2 Å². The van der Waals surface area contributed by atoms with Crippen LogP contribution in [0.25, 0.3) is 0 Å². The Labute approximate surface area is 187 Å². The Morgan fingerprint density at radius 1 is 1.31 bits per heavy atom. The number of rotatable bonds is 7. The highest BCUT2D eigenvalue weighted by Crippen LogP contribution is 2.42. The van der Waals surface area contributed by atoms with E-state index in [0.717, 1.165) is 0 Å². The molecule has 2 atom stereocenters. The number of hydrogen-bond acceptors (Lipinski definition) is 6. The zero-order valence-electron chi connectivity index (χ0n) is 15.1. The summed E-state index contributed by atoms with van der Waals surface area (Å²) in [6, 6.07) is 7.54. The lowest BCUT2D eigenvalue weighted by molar-refractivity contribution is -0.123. The van der Waals surface area contributed by atoms with Crippen LogP contribution in [-0.2, 0) is 15.5 Å². The quantitative estimate of drug-likeness (QED) is 0.480. The second-order valence-corrected chi connectivity index (χ2v) is 9.24. The molecule has 0 saturated heterocycles. The number of ether oxygens (including phenoxy) is 2. The third-order valence-electron chi connectivity index (χ3n) is 4.55. The smallest absolute Gasteiger partial charge is 0.240 e. The number of hydrogen-bond donors (Lipinski definition) is 3. The molecule has 0 aromatic heterocycles. The van der Waals surface area contributed by atoms with Crippen molar-refractivity contribution in [2.75, 3.05) is 13.7 Å². The molecule has 1 saturated carbocycles. The van der Waals surface area contributed by atoms with Crippen molar-refractivity contribution in [1.29, 1.82) is 0 Å². The van der Waals surface area contributed by atoms with Crippen molar-refractivity contribution >= 4 is 55.7 Å². The molecule has 11 heteroatoms. The van der Waals surface area contributed by atoms with Crippen molar-refractivity contribution in [3.8, 4) is 17.2 Å². The fourth-order valence-corrected chi connectivity index (χ4v) is 4.66. The lowest BCUT2D eigenvalue weighted by Gasteiger charge is -2.14. The first-order chi connectivity index (χ1) is 13.7. The number of halogens is 3. The highest BCUT2D eigenvalue weighted by Gasteiger charge is 2.57. The fraction of sp³-hybridized carbons (Fsp3) is 0.278. The Morgan fingerprint density at radius 3 is 2.55 bits per heavy atom. The van der Waals surface area contributed by atoms with E-state index in [1.807, 2.05) is 0 Å². The van der Waals surface area contributed by atoms with Crippen LogP contribution in [0.4, 0.5) is 0 Å². The largest absolute Gasteiger partial charge is 0.492 e. The lowest BCUT2D eigenvalue weighted by Crippen LogP contribution is -2.43. The predicted molar refractivity (Wildman–Crippen MR) is 114 cm³/mol. The van der Waals surface area contributed by atoms with E-state index in [1.165, 1.54) is 25.2 Å². The van der Waals surface area contributed by atoms with Crippen LogP contribution in [0.15, 0.2) is 39.7 Å². The summed E-state index contributed by atoms with van der Waals surface area (Å²) in [5.74, 6) is 0.105. The summed E-state index contributed by atoms with van der Waals surface area (Å²) in [5.41, 5.74) is 5.02. The van der Waals surface area contributed by atoms with Crippen LogP contribution in [0.1, 0.15) is 6.42 Å². The summed E-state index contributed by atoms with van der Waals surface area (Å²) in [4.78, 5) is 11.7. The highest BCUT2D eigenvalue weighted by molar-refractivity contribution is 9.10. The van der Waals surface area contributed by atoms with Gasteiger partial charge in [0.25, 0.3) is 0 Å². The third kappa shape index (κ3) is 4.80. The van der Waals surface area contributed by atoms with Crippen molar-refractivity contribution < 1.29 is 22.7 Å². The Bertz CT molecular complexity index is 1020. The number of carbonyl (C=O) groups is 1. The predicted octanol–water partition coefficient (Wildman–Crippen LogP) is 3.36. The van der Waals surface area contributed by atoms with Gasteiger partial charge in [-0.3, -0.25) is 4.79 Å². The number of nitrogens with two attached hydrogens (primary N) is 1. The van der Waals surface area contributed by atoms with Gasteiger partial charge in [-0.15, -0.1) is 0 Å². The number of amides is 1. The minimum absolute atomic E-state index is 0.0647. The summed E-state index contributed by atoms with van der Waals surface area (Å²) >= 11 is 15.6. The van der Waals surface area contributed by atoms with Crippen molar-refractivity contribution in [1.82, 2.24) is 5.32 Å². The maximum Gasteiger partial charge on any atom is 0.240 e. The second kappa shape index (κ2) is 8.69. The van der Waals surface area contributed by atoms with Crippen molar-refractivity contribution in [3.63, 3.8) is 0 Å². The van der Waals surface area contributed by atoms with E-state index in [1.54, 1.807) is 12.1 Å². The van der Waals surface area contributed by atoms with Crippen LogP contribution in [0, 0.1) is 5.92 Å². The van der Waals surface area contributed by atoms with Crippen LogP contribution >= 0.6 is 39.1 Å². The monoisotopic (exact) mass is 522 g/mol. The molecule has 156 valence electrons. The molecule has 1 aliphatic carbocycles. The zero-order valence-corrected chi connectivity index (χ0v) is 19.1. The van der Waals surface area contributed by atoms with Crippen molar-refractivity contribution in [2.24, 2.45) is 11.7 Å². The van der Waals surface area contributed by atoms with Crippen molar-refractivity contribution in [3.05, 3.63) is 44.8 Å². The minimum Gasteiger partial charge on any atom is -0.492 e. The van der Waals surface area contributed by atoms with Crippen LogP contribution < -0.4 is 20.5 Å². The van der Waals surface area contributed by atoms with Crippen molar-refractivity contribution in [2.45, 2.75) is 16.9 Å². The van der Waals surface area contributed by atoms with Gasteiger partial charge in [-0.05, 0) is 30.7 Å². The standard InChI is InChI=1S/C18H17BrCl2N2O5S/c1-23-17(24)18(22)7-9(18)8-27-14-3-2-11(6-15(14)29(25)26)28-16-12(20)4-10(19)5-13(16)21/h2-6,9,29H,7-8,22H2,1H3,(H,23,24). The van der Waals surface area contributed by atoms with E-state index >= 15 is 0 Å². The van der Waals surface area contributed by atoms with Crippen LogP contribution in [0.5, 0.6) is 17.2 Å². The topological polar surface area (TPSA) is 108 Å². The fourth-order valence-electron chi connectivity index (χ4n) is 2.83. The number of nitrogens with one attached hydrogen (secondary N) is 1. The van der Waals surface area contributed by atoms with Gasteiger partial charge in [0.2, 0.25) is 5.91 Å². The van der Waals surface area contributed by atoms with Gasteiger partial charge in [0.1, 0.15) is 21.9 Å². The van der Waals surface area contributed by atoms with Gasteiger partial charge in [-0.2, -0.15) is 0 Å². The molecule has 0 spiro atoms. The molecule has 0 radical (unpaired) electrons. The van der Waals surface area contributed by atoms with Gasteiger partial charge in [-0.1, -0.05) is 39.1 Å². The van der Waals surface area contributed by atoms with E-state index < -0.39 is 16.2 Å².